The molecule has 0 amide bonds. The van der Waals surface area contributed by atoms with Crippen molar-refractivity contribution in [3.05, 3.63) is 27.7 Å². The van der Waals surface area contributed by atoms with Gasteiger partial charge in [0.2, 0.25) is 11.9 Å². The van der Waals surface area contributed by atoms with Crippen molar-refractivity contribution in [2.45, 2.75) is 39.7 Å². The van der Waals surface area contributed by atoms with Crippen molar-refractivity contribution in [1.29, 1.82) is 0 Å². The van der Waals surface area contributed by atoms with Crippen LogP contribution in [0, 0.1) is 13.8 Å². The van der Waals surface area contributed by atoms with Crippen molar-refractivity contribution >= 4 is 23.2 Å². The zero-order valence-corrected chi connectivity index (χ0v) is 12.3. The van der Waals surface area contributed by atoms with E-state index in [1.54, 1.807) is 0 Å². The second kappa shape index (κ2) is 5.97. The van der Waals surface area contributed by atoms with Crippen LogP contribution in [0.2, 0.25) is 0 Å². The molecule has 19 heavy (non-hydrogen) atoms. The van der Waals surface area contributed by atoms with Gasteiger partial charge in [-0.15, -0.1) is 11.3 Å². The maximum atomic E-state index is 5.60. The standard InChI is InChI=1S/C13H19N5S/c1-8(4-6-11-7-5-9(2)19-11)15-13-17-10(3)16-12(14)18-13/h5,7-8H,4,6H2,1-3H3,(H3,14,15,16,17,18). The minimum Gasteiger partial charge on any atom is -0.368 e. The van der Waals surface area contributed by atoms with Gasteiger partial charge in [-0.3, -0.25) is 0 Å². The third kappa shape index (κ3) is 4.17. The first-order valence-corrected chi connectivity index (χ1v) is 7.14. The van der Waals surface area contributed by atoms with Gasteiger partial charge in [-0.25, -0.2) is 0 Å². The Labute approximate surface area is 117 Å². The zero-order chi connectivity index (χ0) is 13.8. The molecule has 2 aromatic heterocycles. The van der Waals surface area contributed by atoms with Crippen LogP contribution in [0.4, 0.5) is 11.9 Å². The topological polar surface area (TPSA) is 76.7 Å². The van der Waals surface area contributed by atoms with Gasteiger partial charge in [0, 0.05) is 15.8 Å². The van der Waals surface area contributed by atoms with E-state index in [-0.39, 0.29) is 5.95 Å². The summed E-state index contributed by atoms with van der Waals surface area (Å²) in [6.07, 6.45) is 2.09. The van der Waals surface area contributed by atoms with Crippen molar-refractivity contribution in [2.24, 2.45) is 0 Å². The van der Waals surface area contributed by atoms with E-state index in [1.165, 1.54) is 9.75 Å². The highest BCUT2D eigenvalue weighted by Crippen LogP contribution is 2.18. The van der Waals surface area contributed by atoms with Gasteiger partial charge < -0.3 is 11.1 Å². The fraction of sp³-hybridized carbons (Fsp3) is 0.462. The SMILES string of the molecule is Cc1nc(N)nc(NC(C)CCc2ccc(C)s2)n1. The van der Waals surface area contributed by atoms with Crippen LogP contribution < -0.4 is 11.1 Å². The van der Waals surface area contributed by atoms with E-state index in [4.69, 9.17) is 5.73 Å². The van der Waals surface area contributed by atoms with Gasteiger partial charge in [0.15, 0.2) is 0 Å². The normalized spacial score (nSPS) is 12.4. The summed E-state index contributed by atoms with van der Waals surface area (Å²) in [6, 6.07) is 4.65. The number of aryl methyl sites for hydroxylation is 3. The van der Waals surface area contributed by atoms with E-state index in [1.807, 2.05) is 18.3 Å². The highest BCUT2D eigenvalue weighted by atomic mass is 32.1. The molecule has 0 saturated carbocycles. The maximum Gasteiger partial charge on any atom is 0.227 e. The second-order valence-electron chi connectivity index (χ2n) is 4.66. The fourth-order valence-corrected chi connectivity index (χ4v) is 2.74. The number of nitrogens with two attached hydrogens (primary N) is 1. The minimum atomic E-state index is 0.260. The van der Waals surface area contributed by atoms with Crippen molar-refractivity contribution in [1.82, 2.24) is 15.0 Å². The molecule has 1 atom stereocenters. The molecule has 2 rings (SSSR count). The van der Waals surface area contributed by atoms with E-state index in [2.05, 4.69) is 46.2 Å². The molecular formula is C13H19N5S. The van der Waals surface area contributed by atoms with E-state index in [9.17, 15) is 0 Å². The van der Waals surface area contributed by atoms with Crippen LogP contribution in [0.1, 0.15) is 28.9 Å². The Hall–Kier alpha value is -1.69. The van der Waals surface area contributed by atoms with Gasteiger partial charge >= 0.3 is 0 Å². The van der Waals surface area contributed by atoms with Crippen LogP contribution in [-0.4, -0.2) is 21.0 Å². The van der Waals surface area contributed by atoms with Crippen molar-refractivity contribution in [2.75, 3.05) is 11.1 Å². The lowest BCUT2D eigenvalue weighted by atomic mass is 10.1. The average Bonchev–Trinajstić information content (AvgIpc) is 2.71. The minimum absolute atomic E-state index is 0.260. The molecule has 5 nitrogen and oxygen atoms in total. The Morgan fingerprint density at radius 3 is 2.68 bits per heavy atom. The Morgan fingerprint density at radius 1 is 1.26 bits per heavy atom. The lowest BCUT2D eigenvalue weighted by Gasteiger charge is -2.13. The summed E-state index contributed by atoms with van der Waals surface area (Å²) in [7, 11) is 0. The first-order chi connectivity index (χ1) is 9.02. The first-order valence-electron chi connectivity index (χ1n) is 6.33. The molecule has 6 heteroatoms. The second-order valence-corrected chi connectivity index (χ2v) is 6.03. The molecule has 0 aliphatic heterocycles. The van der Waals surface area contributed by atoms with Crippen molar-refractivity contribution in [3.63, 3.8) is 0 Å². The average molecular weight is 277 g/mol. The summed E-state index contributed by atoms with van der Waals surface area (Å²) in [6.45, 7) is 6.06. The smallest absolute Gasteiger partial charge is 0.227 e. The zero-order valence-electron chi connectivity index (χ0n) is 11.5. The van der Waals surface area contributed by atoms with Crippen LogP contribution in [0.25, 0.3) is 0 Å². The largest absolute Gasteiger partial charge is 0.368 e. The molecule has 2 aromatic rings. The van der Waals surface area contributed by atoms with Crippen molar-refractivity contribution in [3.8, 4) is 0 Å². The van der Waals surface area contributed by atoms with Gasteiger partial charge in [-0.1, -0.05) is 0 Å². The molecular weight excluding hydrogens is 258 g/mol. The van der Waals surface area contributed by atoms with Crippen LogP contribution in [-0.2, 0) is 6.42 Å². The highest BCUT2D eigenvalue weighted by Gasteiger charge is 2.07. The number of rotatable bonds is 5. The summed E-state index contributed by atoms with van der Waals surface area (Å²) in [5, 5.41) is 3.26. The van der Waals surface area contributed by atoms with E-state index in [0.29, 0.717) is 17.8 Å². The number of nitrogens with one attached hydrogen (secondary N) is 1. The number of thiophene rings is 1. The molecule has 0 bridgehead atoms. The van der Waals surface area contributed by atoms with E-state index < -0.39 is 0 Å². The highest BCUT2D eigenvalue weighted by molar-refractivity contribution is 7.11. The Morgan fingerprint density at radius 2 is 2.05 bits per heavy atom. The molecule has 0 fully saturated rings. The molecule has 3 N–H and O–H groups in total. The molecule has 0 aromatic carbocycles. The molecule has 1 unspecified atom stereocenters. The molecule has 2 heterocycles. The lowest BCUT2D eigenvalue weighted by molar-refractivity contribution is 0.702. The third-order valence-corrected chi connectivity index (χ3v) is 3.82. The van der Waals surface area contributed by atoms with Gasteiger partial charge in [0.1, 0.15) is 5.82 Å². The monoisotopic (exact) mass is 277 g/mol. The summed E-state index contributed by atoms with van der Waals surface area (Å²) in [4.78, 5) is 15.0. The number of nitrogens with zero attached hydrogens (tertiary/aromatic N) is 3. The van der Waals surface area contributed by atoms with Gasteiger partial charge in [0.05, 0.1) is 0 Å². The summed E-state index contributed by atoms with van der Waals surface area (Å²) in [5.74, 6) is 1.45. The van der Waals surface area contributed by atoms with E-state index >= 15 is 0 Å². The van der Waals surface area contributed by atoms with Gasteiger partial charge in [0.25, 0.3) is 0 Å². The van der Waals surface area contributed by atoms with Crippen molar-refractivity contribution < 1.29 is 0 Å². The van der Waals surface area contributed by atoms with Crippen LogP contribution in [0.3, 0.4) is 0 Å². The van der Waals surface area contributed by atoms with E-state index in [0.717, 1.165) is 12.8 Å². The summed E-state index contributed by atoms with van der Waals surface area (Å²) >= 11 is 1.85. The third-order valence-electron chi connectivity index (χ3n) is 2.76. The quantitative estimate of drug-likeness (QED) is 0.878. The van der Waals surface area contributed by atoms with Crippen LogP contribution in [0.15, 0.2) is 12.1 Å². The number of hydrogen-bond donors (Lipinski definition) is 2. The number of hydrogen-bond acceptors (Lipinski definition) is 6. The number of aromatic nitrogens is 3. The molecule has 0 spiro atoms. The molecule has 0 saturated heterocycles. The maximum absolute atomic E-state index is 5.60. The molecule has 102 valence electrons. The number of anilines is 2. The predicted octanol–water partition coefficient (Wildman–Crippen LogP) is 2.57. The van der Waals surface area contributed by atoms with Gasteiger partial charge in [-0.05, 0) is 45.7 Å². The summed E-state index contributed by atoms with van der Waals surface area (Å²) < 4.78 is 0. The van der Waals surface area contributed by atoms with Crippen LogP contribution >= 0.6 is 11.3 Å². The Balaban J connectivity index is 1.88. The van der Waals surface area contributed by atoms with Gasteiger partial charge in [-0.2, -0.15) is 15.0 Å². The summed E-state index contributed by atoms with van der Waals surface area (Å²) in [5.41, 5.74) is 5.60. The predicted molar refractivity (Wildman–Crippen MR) is 79.4 cm³/mol. The van der Waals surface area contributed by atoms with Crippen LogP contribution in [0.5, 0.6) is 0 Å². The Bertz CT molecular complexity index is 531. The molecule has 0 radical (unpaired) electrons. The molecule has 0 aliphatic carbocycles. The number of nitrogen functional groups attached to an aromatic ring is 1. The molecule has 0 aliphatic rings. The lowest BCUT2D eigenvalue weighted by Crippen LogP contribution is -2.19. The Kier molecular flexibility index (Phi) is 4.31. The fourth-order valence-electron chi connectivity index (χ4n) is 1.84. The first kappa shape index (κ1) is 13.7.